The van der Waals surface area contributed by atoms with Crippen molar-refractivity contribution in [2.45, 2.75) is 33.4 Å². The van der Waals surface area contributed by atoms with Crippen molar-refractivity contribution in [3.63, 3.8) is 0 Å². The van der Waals surface area contributed by atoms with Gasteiger partial charge in [-0.3, -0.25) is 14.5 Å². The van der Waals surface area contributed by atoms with E-state index >= 15 is 0 Å². The predicted octanol–water partition coefficient (Wildman–Crippen LogP) is 5.90. The first-order valence-electron chi connectivity index (χ1n) is 9.42. The molecule has 1 aliphatic rings. The Morgan fingerprint density at radius 3 is 2.63 bits per heavy atom. The molecule has 8 heteroatoms. The number of carbonyl (C=O) groups excluding carboxylic acids is 2. The molecule has 0 radical (unpaired) electrons. The van der Waals surface area contributed by atoms with Gasteiger partial charge in [0.05, 0.1) is 24.2 Å². The number of halogens is 2. The molecule has 2 amide bonds. The summed E-state index contributed by atoms with van der Waals surface area (Å²) in [6, 6.07) is 9.53. The van der Waals surface area contributed by atoms with Gasteiger partial charge in [0.1, 0.15) is 5.82 Å². The number of hydrogen-bond acceptors (Lipinski definition) is 5. The lowest BCUT2D eigenvalue weighted by atomic mass is 10.1. The molecule has 0 bridgehead atoms. The fourth-order valence-electron chi connectivity index (χ4n) is 2.86. The highest BCUT2D eigenvalue weighted by atomic mass is 35.5. The minimum atomic E-state index is -0.562. The summed E-state index contributed by atoms with van der Waals surface area (Å²) in [6.45, 7) is 5.94. The Morgan fingerprint density at radius 2 is 1.97 bits per heavy atom. The van der Waals surface area contributed by atoms with E-state index in [0.717, 1.165) is 16.7 Å². The van der Waals surface area contributed by atoms with Crippen molar-refractivity contribution in [2.75, 3.05) is 6.61 Å². The van der Waals surface area contributed by atoms with E-state index in [1.54, 1.807) is 24.3 Å². The standard InChI is InChI=1S/C22H21ClFNO4S/c1-4-28-19-10-14(8-9-18(19)29-13(2)3)11-20-21(26)25(22(27)30-20)12-15-16(23)6-5-7-17(15)24/h5-11,13H,4,12H2,1-3H3/b20-11-. The highest BCUT2D eigenvalue weighted by molar-refractivity contribution is 8.18. The summed E-state index contributed by atoms with van der Waals surface area (Å²) in [6.07, 6.45) is 1.59. The van der Waals surface area contributed by atoms with Gasteiger partial charge < -0.3 is 9.47 Å². The predicted molar refractivity (Wildman–Crippen MR) is 116 cm³/mol. The van der Waals surface area contributed by atoms with Crippen molar-refractivity contribution in [3.8, 4) is 11.5 Å². The minimum absolute atomic E-state index is 0.0169. The van der Waals surface area contributed by atoms with Gasteiger partial charge >= 0.3 is 0 Å². The van der Waals surface area contributed by atoms with Gasteiger partial charge in [0, 0.05) is 10.6 Å². The van der Waals surface area contributed by atoms with Gasteiger partial charge in [-0.15, -0.1) is 0 Å². The summed E-state index contributed by atoms with van der Waals surface area (Å²) in [5.74, 6) is 0.0982. The molecule has 0 aliphatic carbocycles. The summed E-state index contributed by atoms with van der Waals surface area (Å²) < 4.78 is 25.4. The van der Waals surface area contributed by atoms with E-state index in [9.17, 15) is 14.0 Å². The second kappa shape index (κ2) is 9.53. The van der Waals surface area contributed by atoms with E-state index in [4.69, 9.17) is 21.1 Å². The lowest BCUT2D eigenvalue weighted by Crippen LogP contribution is -2.28. The minimum Gasteiger partial charge on any atom is -0.490 e. The third-order valence-electron chi connectivity index (χ3n) is 4.18. The zero-order chi connectivity index (χ0) is 21.8. The van der Waals surface area contributed by atoms with Crippen molar-refractivity contribution in [3.05, 3.63) is 63.3 Å². The van der Waals surface area contributed by atoms with Crippen LogP contribution in [0.2, 0.25) is 5.02 Å². The number of ether oxygens (including phenoxy) is 2. The fraction of sp³-hybridized carbons (Fsp3) is 0.273. The SMILES string of the molecule is CCOc1cc(/C=C2\SC(=O)N(Cc3c(F)cccc3Cl)C2=O)ccc1OC(C)C. The molecule has 0 unspecified atom stereocenters. The van der Waals surface area contributed by atoms with Crippen LogP contribution in [0, 0.1) is 5.82 Å². The van der Waals surface area contributed by atoms with Gasteiger partial charge in [0.25, 0.3) is 11.1 Å². The van der Waals surface area contributed by atoms with Crippen LogP contribution in [0.1, 0.15) is 31.9 Å². The van der Waals surface area contributed by atoms with Crippen LogP contribution >= 0.6 is 23.4 Å². The van der Waals surface area contributed by atoms with Gasteiger partial charge in [0.2, 0.25) is 0 Å². The zero-order valence-corrected chi connectivity index (χ0v) is 18.3. The van der Waals surface area contributed by atoms with Crippen LogP contribution < -0.4 is 9.47 Å². The van der Waals surface area contributed by atoms with Crippen LogP contribution in [0.5, 0.6) is 11.5 Å². The molecule has 3 rings (SSSR count). The van der Waals surface area contributed by atoms with E-state index in [0.29, 0.717) is 23.7 Å². The van der Waals surface area contributed by atoms with Crippen LogP contribution in [-0.4, -0.2) is 28.8 Å². The van der Waals surface area contributed by atoms with Crippen LogP contribution in [0.4, 0.5) is 9.18 Å². The molecule has 2 aromatic carbocycles. The number of rotatable bonds is 7. The second-order valence-electron chi connectivity index (χ2n) is 6.77. The molecule has 1 aliphatic heterocycles. The highest BCUT2D eigenvalue weighted by Gasteiger charge is 2.36. The molecular weight excluding hydrogens is 429 g/mol. The summed E-state index contributed by atoms with van der Waals surface area (Å²) in [4.78, 5) is 26.4. The molecule has 1 fully saturated rings. The van der Waals surface area contributed by atoms with E-state index in [1.807, 2.05) is 20.8 Å². The fourth-order valence-corrected chi connectivity index (χ4v) is 3.92. The van der Waals surface area contributed by atoms with Gasteiger partial charge in [0.15, 0.2) is 11.5 Å². The number of amides is 2. The molecule has 2 aromatic rings. The Morgan fingerprint density at radius 1 is 1.20 bits per heavy atom. The van der Waals surface area contributed by atoms with E-state index in [1.165, 1.54) is 18.2 Å². The molecule has 0 spiro atoms. The summed E-state index contributed by atoms with van der Waals surface area (Å²) in [7, 11) is 0. The van der Waals surface area contributed by atoms with Gasteiger partial charge in [-0.25, -0.2) is 4.39 Å². The lowest BCUT2D eigenvalue weighted by molar-refractivity contribution is -0.123. The van der Waals surface area contributed by atoms with E-state index < -0.39 is 17.0 Å². The Bertz CT molecular complexity index is 988. The molecule has 0 atom stereocenters. The van der Waals surface area contributed by atoms with Crippen molar-refractivity contribution in [1.82, 2.24) is 4.90 Å². The second-order valence-corrected chi connectivity index (χ2v) is 8.17. The van der Waals surface area contributed by atoms with Crippen molar-refractivity contribution in [2.24, 2.45) is 0 Å². The third-order valence-corrected chi connectivity index (χ3v) is 5.44. The smallest absolute Gasteiger partial charge is 0.293 e. The monoisotopic (exact) mass is 449 g/mol. The number of imide groups is 1. The summed E-state index contributed by atoms with van der Waals surface area (Å²) in [5.41, 5.74) is 0.792. The number of hydrogen-bond donors (Lipinski definition) is 0. The lowest BCUT2D eigenvalue weighted by Gasteiger charge is -2.15. The maximum Gasteiger partial charge on any atom is 0.293 e. The number of carbonyl (C=O) groups is 2. The first kappa shape index (κ1) is 22.2. The van der Waals surface area contributed by atoms with Gasteiger partial charge in [-0.1, -0.05) is 23.7 Å². The van der Waals surface area contributed by atoms with Crippen molar-refractivity contribution < 1.29 is 23.5 Å². The summed E-state index contributed by atoms with van der Waals surface area (Å²) >= 11 is 6.83. The maximum absolute atomic E-state index is 14.1. The van der Waals surface area contributed by atoms with E-state index in [-0.39, 0.29) is 28.1 Å². The largest absolute Gasteiger partial charge is 0.490 e. The topological polar surface area (TPSA) is 55.8 Å². The molecule has 5 nitrogen and oxygen atoms in total. The van der Waals surface area contributed by atoms with Crippen molar-refractivity contribution >= 4 is 40.6 Å². The molecule has 0 saturated carbocycles. The summed E-state index contributed by atoms with van der Waals surface area (Å²) in [5, 5.41) is -0.310. The number of thioether (sulfide) groups is 1. The quantitative estimate of drug-likeness (QED) is 0.492. The molecule has 158 valence electrons. The average Bonchev–Trinajstić information content (AvgIpc) is 2.93. The zero-order valence-electron chi connectivity index (χ0n) is 16.8. The van der Waals surface area contributed by atoms with E-state index in [2.05, 4.69) is 0 Å². The molecule has 1 saturated heterocycles. The van der Waals surface area contributed by atoms with Crippen LogP contribution in [-0.2, 0) is 11.3 Å². The van der Waals surface area contributed by atoms with Gasteiger partial charge in [-0.2, -0.15) is 0 Å². The molecular formula is C22H21ClFNO4S. The Labute approximate surface area is 183 Å². The number of benzene rings is 2. The molecule has 1 heterocycles. The molecule has 0 N–H and O–H groups in total. The van der Waals surface area contributed by atoms with Crippen LogP contribution in [0.15, 0.2) is 41.3 Å². The highest BCUT2D eigenvalue weighted by Crippen LogP contribution is 2.36. The maximum atomic E-state index is 14.1. The first-order valence-corrected chi connectivity index (χ1v) is 10.6. The van der Waals surface area contributed by atoms with Gasteiger partial charge in [-0.05, 0) is 68.4 Å². The number of nitrogens with zero attached hydrogens (tertiary/aromatic N) is 1. The Balaban J connectivity index is 1.85. The van der Waals surface area contributed by atoms with Crippen LogP contribution in [0.3, 0.4) is 0 Å². The van der Waals surface area contributed by atoms with Crippen LogP contribution in [0.25, 0.3) is 6.08 Å². The first-order chi connectivity index (χ1) is 14.3. The molecule has 30 heavy (non-hydrogen) atoms. The van der Waals surface area contributed by atoms with Crippen molar-refractivity contribution in [1.29, 1.82) is 0 Å². The third kappa shape index (κ3) is 4.96. The average molecular weight is 450 g/mol. The Kier molecular flexibility index (Phi) is 7.05. The molecule has 0 aromatic heterocycles. The normalized spacial score (nSPS) is 15.4. The Hall–Kier alpha value is -2.51.